The molecule has 1 atom stereocenters. The molecule has 2 heterocycles. The summed E-state index contributed by atoms with van der Waals surface area (Å²) in [5, 5.41) is 1.14. The minimum absolute atomic E-state index is 0.215. The quantitative estimate of drug-likeness (QED) is 0.473. The Hall–Kier alpha value is -1.01. The van der Waals surface area contributed by atoms with Crippen molar-refractivity contribution in [1.29, 1.82) is 0 Å². The van der Waals surface area contributed by atoms with Crippen molar-refractivity contribution in [2.75, 3.05) is 18.8 Å². The van der Waals surface area contributed by atoms with Gasteiger partial charge in [0.2, 0.25) is 5.28 Å². The predicted molar refractivity (Wildman–Crippen MR) is 88.3 cm³/mol. The van der Waals surface area contributed by atoms with Crippen LogP contribution in [0.15, 0.2) is 17.3 Å². The van der Waals surface area contributed by atoms with E-state index in [-0.39, 0.29) is 11.4 Å². The van der Waals surface area contributed by atoms with Crippen molar-refractivity contribution in [1.82, 2.24) is 14.9 Å². The standard InChI is InChI=1S/C15H22ClN3O2S/c1-15(2,3)21-14(20)19-8-4-5-11(9-19)10-22-12-6-7-17-13(16)18-12/h6-7,11H,4-5,8-10H2,1-3H3/t11-/m1/s1. The summed E-state index contributed by atoms with van der Waals surface area (Å²) in [6.07, 6.45) is 3.57. The number of amides is 1. The molecule has 5 nitrogen and oxygen atoms in total. The number of carbonyl (C=O) groups is 1. The Bertz CT molecular complexity index is 522. The van der Waals surface area contributed by atoms with E-state index >= 15 is 0 Å². The number of aromatic nitrogens is 2. The second-order valence-corrected chi connectivity index (χ2v) is 7.79. The molecule has 1 fully saturated rings. The highest BCUT2D eigenvalue weighted by Crippen LogP contribution is 2.26. The van der Waals surface area contributed by atoms with Crippen LogP contribution in [0.25, 0.3) is 0 Å². The molecule has 1 saturated heterocycles. The Labute approximate surface area is 140 Å². The van der Waals surface area contributed by atoms with Crippen LogP contribution in [0.5, 0.6) is 0 Å². The Morgan fingerprint density at radius 2 is 2.32 bits per heavy atom. The first-order chi connectivity index (χ1) is 10.3. The molecule has 2 rings (SSSR count). The van der Waals surface area contributed by atoms with Crippen LogP contribution in [0.1, 0.15) is 33.6 Å². The maximum atomic E-state index is 12.1. The Balaban J connectivity index is 1.84. The number of halogens is 1. The first kappa shape index (κ1) is 17.3. The third-order valence-electron chi connectivity index (χ3n) is 3.24. The molecule has 1 aliphatic heterocycles. The zero-order chi connectivity index (χ0) is 16.2. The van der Waals surface area contributed by atoms with E-state index < -0.39 is 5.60 Å². The number of nitrogens with zero attached hydrogens (tertiary/aromatic N) is 3. The average molecular weight is 344 g/mol. The molecule has 1 aliphatic rings. The number of thioether (sulfide) groups is 1. The molecule has 0 bridgehead atoms. The van der Waals surface area contributed by atoms with Gasteiger partial charge in [-0.2, -0.15) is 0 Å². The van der Waals surface area contributed by atoms with Crippen molar-refractivity contribution >= 4 is 29.5 Å². The Morgan fingerprint density at radius 3 is 3.00 bits per heavy atom. The lowest BCUT2D eigenvalue weighted by molar-refractivity contribution is 0.0177. The van der Waals surface area contributed by atoms with Gasteiger partial charge in [-0.15, -0.1) is 11.8 Å². The zero-order valence-electron chi connectivity index (χ0n) is 13.2. The molecule has 22 heavy (non-hydrogen) atoms. The van der Waals surface area contributed by atoms with Crippen LogP contribution in [-0.2, 0) is 4.74 Å². The monoisotopic (exact) mass is 343 g/mol. The van der Waals surface area contributed by atoms with Crippen molar-refractivity contribution in [2.24, 2.45) is 5.92 Å². The number of piperidine rings is 1. The number of hydrogen-bond acceptors (Lipinski definition) is 5. The second-order valence-electron chi connectivity index (χ2n) is 6.41. The van der Waals surface area contributed by atoms with Gasteiger partial charge in [-0.25, -0.2) is 14.8 Å². The van der Waals surface area contributed by atoms with Crippen molar-refractivity contribution in [3.05, 3.63) is 17.5 Å². The van der Waals surface area contributed by atoms with E-state index in [1.165, 1.54) is 0 Å². The molecule has 0 spiro atoms. The number of ether oxygens (including phenoxy) is 1. The molecule has 0 N–H and O–H groups in total. The summed E-state index contributed by atoms with van der Waals surface area (Å²) >= 11 is 7.44. The molecule has 1 amide bonds. The van der Waals surface area contributed by atoms with Crippen molar-refractivity contribution in [3.63, 3.8) is 0 Å². The average Bonchev–Trinajstić information content (AvgIpc) is 2.44. The maximum absolute atomic E-state index is 12.1. The smallest absolute Gasteiger partial charge is 0.410 e. The van der Waals surface area contributed by atoms with Gasteiger partial charge in [0.25, 0.3) is 0 Å². The molecule has 0 unspecified atom stereocenters. The lowest BCUT2D eigenvalue weighted by Gasteiger charge is -2.34. The van der Waals surface area contributed by atoms with Gasteiger partial charge in [0.15, 0.2) is 0 Å². The van der Waals surface area contributed by atoms with Gasteiger partial charge >= 0.3 is 6.09 Å². The summed E-state index contributed by atoms with van der Waals surface area (Å²) in [6, 6.07) is 1.85. The van der Waals surface area contributed by atoms with E-state index in [1.54, 1.807) is 18.0 Å². The molecule has 1 aromatic heterocycles. The topological polar surface area (TPSA) is 55.3 Å². The summed E-state index contributed by atoms with van der Waals surface area (Å²) in [6.45, 7) is 7.18. The summed E-state index contributed by atoms with van der Waals surface area (Å²) in [7, 11) is 0. The lowest BCUT2D eigenvalue weighted by atomic mass is 10.0. The minimum atomic E-state index is -0.448. The zero-order valence-corrected chi connectivity index (χ0v) is 14.8. The van der Waals surface area contributed by atoms with Crippen LogP contribution in [-0.4, -0.2) is 45.4 Å². The largest absolute Gasteiger partial charge is 0.444 e. The Kier molecular flexibility index (Phi) is 5.92. The van der Waals surface area contributed by atoms with Crippen LogP contribution in [0.3, 0.4) is 0 Å². The van der Waals surface area contributed by atoms with Gasteiger partial charge in [0.05, 0.1) is 0 Å². The molecular formula is C15H22ClN3O2S. The van der Waals surface area contributed by atoms with Crippen LogP contribution >= 0.6 is 23.4 Å². The lowest BCUT2D eigenvalue weighted by Crippen LogP contribution is -2.43. The number of likely N-dealkylation sites (tertiary alicyclic amines) is 1. The van der Waals surface area contributed by atoms with Gasteiger partial charge in [-0.05, 0) is 57.2 Å². The molecule has 1 aromatic rings. The van der Waals surface area contributed by atoms with Gasteiger partial charge in [-0.3, -0.25) is 0 Å². The maximum Gasteiger partial charge on any atom is 0.410 e. The van der Waals surface area contributed by atoms with Gasteiger partial charge in [0, 0.05) is 25.0 Å². The number of carbonyl (C=O) groups excluding carboxylic acids is 1. The van der Waals surface area contributed by atoms with E-state index in [0.717, 1.165) is 36.7 Å². The normalized spacial score (nSPS) is 19.1. The molecule has 0 aliphatic carbocycles. The number of rotatable bonds is 3. The molecule has 0 radical (unpaired) electrons. The fourth-order valence-electron chi connectivity index (χ4n) is 2.30. The predicted octanol–water partition coefficient (Wildman–Crippen LogP) is 3.87. The molecule has 122 valence electrons. The van der Waals surface area contributed by atoms with Crippen molar-refractivity contribution in [2.45, 2.75) is 44.2 Å². The third kappa shape index (κ3) is 5.65. The van der Waals surface area contributed by atoms with Crippen LogP contribution in [0.4, 0.5) is 4.79 Å². The van der Waals surface area contributed by atoms with E-state index in [2.05, 4.69) is 9.97 Å². The fraction of sp³-hybridized carbons (Fsp3) is 0.667. The summed E-state index contributed by atoms with van der Waals surface area (Å²) in [4.78, 5) is 22.0. The molecule has 0 saturated carbocycles. The van der Waals surface area contributed by atoms with E-state index in [0.29, 0.717) is 5.92 Å². The van der Waals surface area contributed by atoms with Gasteiger partial charge in [-0.1, -0.05) is 0 Å². The first-order valence-corrected chi connectivity index (χ1v) is 8.79. The van der Waals surface area contributed by atoms with E-state index in [9.17, 15) is 4.79 Å². The van der Waals surface area contributed by atoms with E-state index in [4.69, 9.17) is 16.3 Å². The molecule has 7 heteroatoms. The first-order valence-electron chi connectivity index (χ1n) is 7.43. The molecular weight excluding hydrogens is 322 g/mol. The van der Waals surface area contributed by atoms with Crippen molar-refractivity contribution < 1.29 is 9.53 Å². The van der Waals surface area contributed by atoms with Gasteiger partial charge < -0.3 is 9.64 Å². The van der Waals surface area contributed by atoms with Crippen LogP contribution in [0, 0.1) is 5.92 Å². The Morgan fingerprint density at radius 1 is 1.55 bits per heavy atom. The third-order valence-corrected chi connectivity index (χ3v) is 4.58. The van der Waals surface area contributed by atoms with Crippen LogP contribution in [0.2, 0.25) is 5.28 Å². The highest BCUT2D eigenvalue weighted by Gasteiger charge is 2.27. The van der Waals surface area contributed by atoms with E-state index in [1.807, 2.05) is 31.7 Å². The number of hydrogen-bond donors (Lipinski definition) is 0. The minimum Gasteiger partial charge on any atom is -0.444 e. The summed E-state index contributed by atoms with van der Waals surface area (Å²) in [5.41, 5.74) is -0.448. The van der Waals surface area contributed by atoms with Gasteiger partial charge in [0.1, 0.15) is 10.6 Å². The highest BCUT2D eigenvalue weighted by molar-refractivity contribution is 7.99. The van der Waals surface area contributed by atoms with Crippen molar-refractivity contribution in [3.8, 4) is 0 Å². The summed E-state index contributed by atoms with van der Waals surface area (Å²) < 4.78 is 5.45. The van der Waals surface area contributed by atoms with Crippen LogP contribution < -0.4 is 0 Å². The molecule has 0 aromatic carbocycles. The fourth-order valence-corrected chi connectivity index (χ4v) is 3.48. The second kappa shape index (κ2) is 7.51. The SMILES string of the molecule is CC(C)(C)OC(=O)N1CCC[C@@H](CSc2ccnc(Cl)n2)C1. The highest BCUT2D eigenvalue weighted by atomic mass is 35.5. The summed E-state index contributed by atoms with van der Waals surface area (Å²) in [5.74, 6) is 1.35.